The molecular formula is C63H98N18O13S. The predicted molar refractivity (Wildman–Crippen MR) is 356 cm³/mol. The molecule has 0 radical (unpaired) electrons. The van der Waals surface area contributed by atoms with Gasteiger partial charge in [0, 0.05) is 45.3 Å². The fraction of sp³-hybridized carbons (Fsp3) is 0.587. The monoisotopic (exact) mass is 1350 g/mol. The van der Waals surface area contributed by atoms with Crippen LogP contribution >= 0.6 is 11.8 Å². The van der Waals surface area contributed by atoms with Crippen molar-refractivity contribution < 1.29 is 62.3 Å². The number of primary amides is 3. The minimum atomic E-state index is -1.64. The fourth-order valence-electron chi connectivity index (χ4n) is 11.0. The summed E-state index contributed by atoms with van der Waals surface area (Å²) in [5, 5.41) is 21.1. The number of carbonyl (C=O) groups is 13. The molecule has 2 saturated heterocycles. The largest absolute Gasteiger partial charge is 0.370 e. The van der Waals surface area contributed by atoms with E-state index >= 15 is 0 Å². The molecule has 4 rings (SSSR count). The van der Waals surface area contributed by atoms with Crippen LogP contribution < -0.4 is 82.7 Å². The number of carbonyl (C=O) groups excluding carboxylic acids is 13. The number of likely N-dealkylation sites (tertiary alicyclic amines) is 2. The Balaban J connectivity index is 1.56. The van der Waals surface area contributed by atoms with Gasteiger partial charge in [0.15, 0.2) is 5.96 Å². The molecule has 10 atom stereocenters. The van der Waals surface area contributed by atoms with Crippen molar-refractivity contribution in [3.05, 3.63) is 71.8 Å². The molecule has 0 aromatic heterocycles. The Morgan fingerprint density at radius 1 is 0.537 bits per heavy atom. The molecule has 0 aliphatic carbocycles. The Labute approximate surface area is 558 Å². The first-order valence-electron chi connectivity index (χ1n) is 32.2. The van der Waals surface area contributed by atoms with Gasteiger partial charge < -0.3 is 92.5 Å². The first kappa shape index (κ1) is 78.5. The number of aliphatic imine (C=N–C) groups is 1. The van der Waals surface area contributed by atoms with Gasteiger partial charge in [-0.15, -0.1) is 0 Å². The number of rotatable bonds is 42. The predicted octanol–water partition coefficient (Wildman–Crippen LogP) is -3.71. The van der Waals surface area contributed by atoms with Gasteiger partial charge in [0.2, 0.25) is 76.8 Å². The molecule has 32 heteroatoms. The normalized spacial score (nSPS) is 16.8. The standard InChI is InChI=1S/C63H98N18O13S/c1-37(2)33-45(57(89)74-41(53(68)85)27-32-95-3)73-52(84)36-72-54(86)46(34-38-15-6-4-7-16-38)78-58(90)47(35-39-17-8-5-9-18-39)79-56(88)42(23-25-50(66)82)75-55(87)43(24-26-51(67)83)76-59(91)49-22-14-31-81(49)62(94)44(20-10-11-28-64)77-60(92)48-21-13-30-80(48)61(93)40(65)19-12-29-71-63(69)70/h4-9,15-18,37,40-49H,10-14,19-36,64-65H2,1-3H3,(H2,66,82)(H2,67,83)(H2,68,85)(H,72,86)(H,73,84)(H,74,89)(H,75,87)(H,76,91)(H,77,92)(H,78,90)(H,79,88)(H4,69,70,71)/t40-,41+,42+,43+,44+,45+,46-,47+,48-,49+/m1/s1. The van der Waals surface area contributed by atoms with Crippen molar-refractivity contribution in [2.24, 2.45) is 51.0 Å². The summed E-state index contributed by atoms with van der Waals surface area (Å²) in [6, 6.07) is 4.51. The molecule has 2 aromatic carbocycles. The van der Waals surface area contributed by atoms with Crippen molar-refractivity contribution in [3.63, 3.8) is 0 Å². The molecule has 2 aromatic rings. The first-order chi connectivity index (χ1) is 45.2. The number of unbranched alkanes of at least 4 members (excludes halogenated alkanes) is 1. The molecule has 0 bridgehead atoms. The number of nitrogens with zero attached hydrogens (tertiary/aromatic N) is 3. The van der Waals surface area contributed by atoms with Gasteiger partial charge in [0.1, 0.15) is 54.4 Å². The summed E-state index contributed by atoms with van der Waals surface area (Å²) in [5.41, 5.74) is 40.6. The maximum atomic E-state index is 14.7. The zero-order valence-corrected chi connectivity index (χ0v) is 55.3. The van der Waals surface area contributed by atoms with Crippen molar-refractivity contribution >= 4 is 94.5 Å². The summed E-state index contributed by atoms with van der Waals surface area (Å²) in [7, 11) is 0. The van der Waals surface area contributed by atoms with Crippen LogP contribution in [0, 0.1) is 5.92 Å². The van der Waals surface area contributed by atoms with Gasteiger partial charge in [-0.05, 0) is 119 Å². The molecule has 2 aliphatic heterocycles. The van der Waals surface area contributed by atoms with Crippen molar-refractivity contribution in [1.29, 1.82) is 0 Å². The van der Waals surface area contributed by atoms with Crippen LogP contribution in [0.5, 0.6) is 0 Å². The Bertz CT molecular complexity index is 2960. The lowest BCUT2D eigenvalue weighted by Crippen LogP contribution is -2.60. The zero-order valence-electron chi connectivity index (χ0n) is 54.5. The van der Waals surface area contributed by atoms with Gasteiger partial charge in [-0.3, -0.25) is 67.3 Å². The third-order valence-electron chi connectivity index (χ3n) is 16.0. The van der Waals surface area contributed by atoms with Gasteiger partial charge in [0.05, 0.1) is 12.6 Å². The molecular weight excluding hydrogens is 1250 g/mol. The average Bonchev–Trinajstić information content (AvgIpc) is 1.74. The van der Waals surface area contributed by atoms with Gasteiger partial charge in [-0.2, -0.15) is 11.8 Å². The van der Waals surface area contributed by atoms with E-state index in [2.05, 4.69) is 47.5 Å². The molecule has 2 fully saturated rings. The van der Waals surface area contributed by atoms with E-state index in [1.165, 1.54) is 21.6 Å². The lowest BCUT2D eigenvalue weighted by molar-refractivity contribution is -0.144. The lowest BCUT2D eigenvalue weighted by atomic mass is 10.0. The first-order valence-corrected chi connectivity index (χ1v) is 33.6. The van der Waals surface area contributed by atoms with Gasteiger partial charge >= 0.3 is 0 Å². The second-order valence-corrected chi connectivity index (χ2v) is 25.1. The van der Waals surface area contributed by atoms with Crippen LogP contribution in [-0.4, -0.2) is 198 Å². The van der Waals surface area contributed by atoms with Crippen LogP contribution in [0.15, 0.2) is 65.7 Å². The summed E-state index contributed by atoms with van der Waals surface area (Å²) in [6.07, 6.45) is 3.12. The highest BCUT2D eigenvalue weighted by molar-refractivity contribution is 7.98. The van der Waals surface area contributed by atoms with E-state index in [1.54, 1.807) is 60.7 Å². The summed E-state index contributed by atoms with van der Waals surface area (Å²) in [5.74, 6) is -9.80. The van der Waals surface area contributed by atoms with Gasteiger partial charge in [-0.1, -0.05) is 74.5 Å². The van der Waals surface area contributed by atoms with Gasteiger partial charge in [0.25, 0.3) is 0 Å². The number of benzene rings is 2. The summed E-state index contributed by atoms with van der Waals surface area (Å²) in [4.78, 5) is 185. The highest BCUT2D eigenvalue weighted by Crippen LogP contribution is 2.24. The summed E-state index contributed by atoms with van der Waals surface area (Å²) in [6.45, 7) is 3.86. The molecule has 13 amide bonds. The topological polar surface area (TPSA) is 519 Å². The van der Waals surface area contributed by atoms with Crippen LogP contribution in [-0.2, 0) is 75.2 Å². The SMILES string of the molecule is CSCC[C@H](NC(=O)[C@H](CC(C)C)NC(=O)CNC(=O)[C@@H](Cc1ccccc1)NC(=O)[C@H](Cc1ccccc1)NC(=O)[C@H](CCC(N)=O)NC(=O)[C@H](CCC(N)=O)NC(=O)[C@@H]1CCCN1C(=O)[C@H](CCCCN)NC(=O)[C@H]1CCCN1C(=O)[C@H](N)CCCN=C(N)N)C(N)=O. The van der Waals surface area contributed by atoms with E-state index in [4.69, 9.17) is 40.1 Å². The number of nitrogens with two attached hydrogens (primary N) is 7. The van der Waals surface area contributed by atoms with Crippen LogP contribution in [0.4, 0.5) is 0 Å². The molecule has 95 heavy (non-hydrogen) atoms. The van der Waals surface area contributed by atoms with Crippen molar-refractivity contribution in [1.82, 2.24) is 52.3 Å². The van der Waals surface area contributed by atoms with Crippen LogP contribution in [0.1, 0.15) is 121 Å². The molecule has 2 aliphatic rings. The van der Waals surface area contributed by atoms with E-state index in [9.17, 15) is 62.3 Å². The van der Waals surface area contributed by atoms with E-state index in [0.29, 0.717) is 55.4 Å². The smallest absolute Gasteiger partial charge is 0.245 e. The second kappa shape index (κ2) is 41.0. The maximum absolute atomic E-state index is 14.7. The minimum absolute atomic E-state index is 0.0736. The third kappa shape index (κ3) is 27.5. The van der Waals surface area contributed by atoms with E-state index in [1.807, 2.05) is 20.1 Å². The van der Waals surface area contributed by atoms with E-state index in [0.717, 1.165) is 0 Å². The highest BCUT2D eigenvalue weighted by Gasteiger charge is 2.42. The third-order valence-corrected chi connectivity index (χ3v) is 16.7. The number of hydrogen-bond donors (Lipinski definition) is 15. The second-order valence-electron chi connectivity index (χ2n) is 24.1. The number of thioether (sulfide) groups is 1. The number of nitrogens with one attached hydrogen (secondary N) is 8. The highest BCUT2D eigenvalue weighted by atomic mass is 32.2. The summed E-state index contributed by atoms with van der Waals surface area (Å²) >= 11 is 1.45. The Morgan fingerprint density at radius 3 is 1.51 bits per heavy atom. The number of amides is 13. The molecule has 0 saturated carbocycles. The Morgan fingerprint density at radius 2 is 1.01 bits per heavy atom. The molecule has 2 heterocycles. The molecule has 22 N–H and O–H groups in total. The average molecular weight is 1350 g/mol. The molecule has 31 nitrogen and oxygen atoms in total. The molecule has 0 unspecified atom stereocenters. The van der Waals surface area contributed by atoms with Crippen LogP contribution in [0.25, 0.3) is 0 Å². The van der Waals surface area contributed by atoms with Crippen molar-refractivity contribution in [2.75, 3.05) is 44.7 Å². The number of hydrogen-bond acceptors (Lipinski definition) is 17. The van der Waals surface area contributed by atoms with E-state index < -0.39 is 169 Å². The van der Waals surface area contributed by atoms with E-state index in [-0.39, 0.29) is 83.0 Å². The van der Waals surface area contributed by atoms with Crippen LogP contribution in [0.2, 0.25) is 0 Å². The lowest BCUT2D eigenvalue weighted by Gasteiger charge is -2.32. The quantitative estimate of drug-likeness (QED) is 0.0173. The van der Waals surface area contributed by atoms with Gasteiger partial charge in [-0.25, -0.2) is 0 Å². The molecule has 524 valence electrons. The number of guanidine groups is 1. The Hall–Kier alpha value is -8.91. The van der Waals surface area contributed by atoms with Crippen molar-refractivity contribution in [3.8, 4) is 0 Å². The fourth-order valence-corrected chi connectivity index (χ4v) is 11.5. The Kier molecular flexibility index (Phi) is 33.9. The van der Waals surface area contributed by atoms with Crippen LogP contribution in [0.3, 0.4) is 0 Å². The molecule has 0 spiro atoms. The zero-order chi connectivity index (χ0) is 70.1. The maximum Gasteiger partial charge on any atom is 0.245 e. The summed E-state index contributed by atoms with van der Waals surface area (Å²) < 4.78 is 0. The minimum Gasteiger partial charge on any atom is -0.370 e. The van der Waals surface area contributed by atoms with Crippen molar-refractivity contribution in [2.45, 2.75) is 183 Å².